The molecule has 0 radical (unpaired) electrons. The first kappa shape index (κ1) is 13.5. The molecule has 4 N–H and O–H groups in total. The molecule has 2 rings (SSSR count). The summed E-state index contributed by atoms with van der Waals surface area (Å²) in [7, 11) is 0. The molecule has 0 aromatic carbocycles. The number of anilines is 2. The highest BCUT2D eigenvalue weighted by molar-refractivity contribution is 7.07. The van der Waals surface area contributed by atoms with Crippen LogP contribution in [-0.4, -0.2) is 15.0 Å². The number of rotatable bonds is 3. The summed E-state index contributed by atoms with van der Waals surface area (Å²) in [5.41, 5.74) is 6.44. The van der Waals surface area contributed by atoms with Crippen LogP contribution in [0.2, 0.25) is 0 Å². The van der Waals surface area contributed by atoms with Gasteiger partial charge in [0.05, 0.1) is 6.54 Å². The smallest absolute Gasteiger partial charge is 0.304 e. The van der Waals surface area contributed by atoms with E-state index in [1.54, 1.807) is 11.4 Å². The lowest BCUT2D eigenvalue weighted by Gasteiger charge is -2.18. The van der Waals surface area contributed by atoms with Crippen molar-refractivity contribution in [2.24, 2.45) is 0 Å². The third kappa shape index (κ3) is 3.54. The number of thiazole rings is 1. The van der Waals surface area contributed by atoms with Crippen LogP contribution in [0.25, 0.3) is 0 Å². The molecule has 19 heavy (non-hydrogen) atoms. The fraction of sp³-hybridized carbons (Fsp3) is 0.417. The van der Waals surface area contributed by atoms with Gasteiger partial charge < -0.3 is 16.0 Å². The topological polar surface area (TPSA) is 96.7 Å². The highest BCUT2D eigenvalue weighted by Crippen LogP contribution is 2.21. The van der Waals surface area contributed by atoms with Gasteiger partial charge in [0.15, 0.2) is 0 Å². The highest BCUT2D eigenvalue weighted by Gasteiger charge is 2.18. The normalized spacial score (nSPS) is 11.5. The molecule has 0 amide bonds. The number of nitrogens with one attached hydrogen (secondary N) is 2. The molecule has 0 aliphatic heterocycles. The van der Waals surface area contributed by atoms with Crippen LogP contribution in [0.4, 0.5) is 11.6 Å². The third-order valence-electron chi connectivity index (χ3n) is 2.45. The van der Waals surface area contributed by atoms with Crippen molar-refractivity contribution in [1.29, 1.82) is 0 Å². The summed E-state index contributed by atoms with van der Waals surface area (Å²) in [6.07, 6.45) is 0. The average Bonchev–Trinajstić information content (AvgIpc) is 2.71. The van der Waals surface area contributed by atoms with E-state index < -0.39 is 0 Å². The number of aromatic amines is 1. The Labute approximate surface area is 115 Å². The van der Waals surface area contributed by atoms with Crippen molar-refractivity contribution >= 4 is 23.0 Å². The van der Waals surface area contributed by atoms with Crippen molar-refractivity contribution in [3.8, 4) is 0 Å². The first-order valence-corrected chi connectivity index (χ1v) is 6.78. The summed E-state index contributed by atoms with van der Waals surface area (Å²) >= 11 is 1.14. The Hall–Kier alpha value is -1.89. The maximum atomic E-state index is 11.0. The molecule has 0 spiro atoms. The lowest BCUT2D eigenvalue weighted by atomic mass is 9.96. The minimum absolute atomic E-state index is 0.0608. The number of nitrogens with two attached hydrogens (primary N) is 1. The van der Waals surface area contributed by atoms with Gasteiger partial charge >= 0.3 is 4.87 Å². The van der Waals surface area contributed by atoms with Gasteiger partial charge in [-0.15, -0.1) is 0 Å². The number of hydrogen-bond acceptors (Lipinski definition) is 6. The predicted octanol–water partition coefficient (Wildman–Crippen LogP) is 1.72. The molecule has 7 heteroatoms. The summed E-state index contributed by atoms with van der Waals surface area (Å²) in [5.74, 6) is 1.78. The minimum atomic E-state index is -0.164. The molecule has 2 aromatic heterocycles. The largest absolute Gasteiger partial charge is 0.384 e. The zero-order chi connectivity index (χ0) is 14.0. The number of hydrogen-bond donors (Lipinski definition) is 3. The number of aromatic nitrogens is 3. The van der Waals surface area contributed by atoms with Crippen molar-refractivity contribution < 1.29 is 0 Å². The van der Waals surface area contributed by atoms with Gasteiger partial charge in [-0.05, 0) is 0 Å². The molecule has 0 unspecified atom stereocenters. The van der Waals surface area contributed by atoms with E-state index in [0.29, 0.717) is 24.0 Å². The van der Waals surface area contributed by atoms with Crippen LogP contribution in [0.3, 0.4) is 0 Å². The second-order valence-corrected chi connectivity index (χ2v) is 6.12. The maximum Gasteiger partial charge on any atom is 0.304 e. The summed E-state index contributed by atoms with van der Waals surface area (Å²) in [6.45, 7) is 6.59. The lowest BCUT2D eigenvalue weighted by molar-refractivity contribution is 0.547. The third-order valence-corrected chi connectivity index (χ3v) is 3.17. The van der Waals surface area contributed by atoms with E-state index in [4.69, 9.17) is 5.73 Å². The Kier molecular flexibility index (Phi) is 3.57. The molecule has 0 atom stereocenters. The summed E-state index contributed by atoms with van der Waals surface area (Å²) in [6, 6.07) is 1.68. The molecule has 2 heterocycles. The standard InChI is InChI=1S/C12H17N5OS/c1-12(2,3)10-16-8(13)4-9(17-10)14-5-7-6-19-11(18)15-7/h4,6H,5H2,1-3H3,(H,15,18)(H3,13,14,16,17). The van der Waals surface area contributed by atoms with Crippen molar-refractivity contribution in [1.82, 2.24) is 15.0 Å². The van der Waals surface area contributed by atoms with Gasteiger partial charge in [-0.3, -0.25) is 4.79 Å². The Bertz CT molecular complexity index is 626. The Morgan fingerprint density at radius 1 is 1.42 bits per heavy atom. The van der Waals surface area contributed by atoms with Gasteiger partial charge in [0.2, 0.25) is 0 Å². The van der Waals surface area contributed by atoms with Gasteiger partial charge in [0.25, 0.3) is 0 Å². The number of H-pyrrole nitrogens is 1. The van der Waals surface area contributed by atoms with E-state index >= 15 is 0 Å². The van der Waals surface area contributed by atoms with Crippen LogP contribution >= 0.6 is 11.3 Å². The van der Waals surface area contributed by atoms with Gasteiger partial charge in [-0.2, -0.15) is 0 Å². The second kappa shape index (κ2) is 5.00. The van der Waals surface area contributed by atoms with Crippen LogP contribution in [-0.2, 0) is 12.0 Å². The van der Waals surface area contributed by atoms with Crippen molar-refractivity contribution in [2.75, 3.05) is 11.1 Å². The highest BCUT2D eigenvalue weighted by atomic mass is 32.1. The molecule has 0 aliphatic rings. The van der Waals surface area contributed by atoms with E-state index in [-0.39, 0.29) is 10.3 Å². The van der Waals surface area contributed by atoms with Gasteiger partial charge in [-0.25, -0.2) is 9.97 Å². The predicted molar refractivity (Wildman–Crippen MR) is 77.4 cm³/mol. The molecule has 102 valence electrons. The molecule has 0 aliphatic carbocycles. The molecule has 0 fully saturated rings. The fourth-order valence-corrected chi connectivity index (χ4v) is 2.06. The van der Waals surface area contributed by atoms with Crippen LogP contribution in [0.15, 0.2) is 16.2 Å². The van der Waals surface area contributed by atoms with Crippen molar-refractivity contribution in [2.45, 2.75) is 32.7 Å². The quantitative estimate of drug-likeness (QED) is 0.795. The van der Waals surface area contributed by atoms with Gasteiger partial charge in [-0.1, -0.05) is 32.1 Å². The van der Waals surface area contributed by atoms with Crippen LogP contribution in [0.5, 0.6) is 0 Å². The zero-order valence-electron chi connectivity index (χ0n) is 11.2. The maximum absolute atomic E-state index is 11.0. The first-order valence-electron chi connectivity index (χ1n) is 5.90. The Morgan fingerprint density at radius 3 is 2.74 bits per heavy atom. The van der Waals surface area contributed by atoms with Crippen molar-refractivity contribution in [3.05, 3.63) is 32.6 Å². The van der Waals surface area contributed by atoms with Crippen LogP contribution in [0.1, 0.15) is 32.3 Å². The molecular formula is C12H17N5OS. The van der Waals surface area contributed by atoms with E-state index in [1.165, 1.54) is 0 Å². The lowest BCUT2D eigenvalue weighted by Crippen LogP contribution is -2.18. The molecular weight excluding hydrogens is 262 g/mol. The van der Waals surface area contributed by atoms with Gasteiger partial charge in [0, 0.05) is 22.6 Å². The molecule has 0 bridgehead atoms. The summed E-state index contributed by atoms with van der Waals surface area (Å²) < 4.78 is 0. The number of nitrogen functional groups attached to an aromatic ring is 1. The van der Waals surface area contributed by atoms with Crippen LogP contribution < -0.4 is 15.9 Å². The molecule has 0 saturated carbocycles. The van der Waals surface area contributed by atoms with Gasteiger partial charge in [0.1, 0.15) is 17.5 Å². The second-order valence-electron chi connectivity index (χ2n) is 5.28. The average molecular weight is 279 g/mol. The summed E-state index contributed by atoms with van der Waals surface area (Å²) in [4.78, 5) is 22.4. The molecule has 2 aromatic rings. The fourth-order valence-electron chi connectivity index (χ4n) is 1.48. The van der Waals surface area contributed by atoms with E-state index in [2.05, 4.69) is 20.3 Å². The number of nitrogens with zero attached hydrogens (tertiary/aromatic N) is 2. The van der Waals surface area contributed by atoms with E-state index in [9.17, 15) is 4.79 Å². The Balaban J connectivity index is 2.16. The molecule has 6 nitrogen and oxygen atoms in total. The van der Waals surface area contributed by atoms with Crippen molar-refractivity contribution in [3.63, 3.8) is 0 Å². The monoisotopic (exact) mass is 279 g/mol. The minimum Gasteiger partial charge on any atom is -0.384 e. The summed E-state index contributed by atoms with van der Waals surface area (Å²) in [5, 5.41) is 4.92. The Morgan fingerprint density at radius 2 is 2.16 bits per heavy atom. The zero-order valence-corrected chi connectivity index (χ0v) is 12.0. The first-order chi connectivity index (χ1) is 8.84. The van der Waals surface area contributed by atoms with E-state index in [0.717, 1.165) is 17.0 Å². The van der Waals surface area contributed by atoms with E-state index in [1.807, 2.05) is 20.8 Å². The SMILES string of the molecule is CC(C)(C)c1nc(N)cc(NCc2csc(=O)[nH]2)n1. The van der Waals surface area contributed by atoms with Crippen LogP contribution in [0, 0.1) is 0 Å². The molecule has 0 saturated heterocycles.